The van der Waals surface area contributed by atoms with Crippen LogP contribution in [0.4, 0.5) is 5.69 Å². The first-order valence-electron chi connectivity index (χ1n) is 7.43. The standard InChI is InChI=1S/C16H26N2O4S/c1-11-7-12(2)9-15(8-11)18(23(6,20)21)14(4)16(19)17-13(3)10-22-5/h7-9,13-14H,10H2,1-6H3,(H,17,19)/t13-,14+/m0/s1. The molecule has 1 rings (SSSR count). The third kappa shape index (κ3) is 5.51. The summed E-state index contributed by atoms with van der Waals surface area (Å²) in [6, 6.07) is 4.42. The molecule has 6 nitrogen and oxygen atoms in total. The lowest BCUT2D eigenvalue weighted by Crippen LogP contribution is -2.50. The summed E-state index contributed by atoms with van der Waals surface area (Å²) in [6.07, 6.45) is 1.10. The molecule has 0 radical (unpaired) electrons. The molecule has 0 aliphatic heterocycles. The lowest BCUT2D eigenvalue weighted by Gasteiger charge is -2.29. The van der Waals surface area contributed by atoms with Gasteiger partial charge in [-0.25, -0.2) is 8.42 Å². The van der Waals surface area contributed by atoms with Crippen molar-refractivity contribution in [2.24, 2.45) is 0 Å². The van der Waals surface area contributed by atoms with E-state index in [9.17, 15) is 13.2 Å². The predicted molar refractivity (Wildman–Crippen MR) is 92.2 cm³/mol. The topological polar surface area (TPSA) is 75.7 Å². The van der Waals surface area contributed by atoms with Crippen LogP contribution < -0.4 is 9.62 Å². The molecule has 7 heteroatoms. The molecule has 0 aliphatic carbocycles. The van der Waals surface area contributed by atoms with Crippen LogP contribution in [0.5, 0.6) is 0 Å². The van der Waals surface area contributed by atoms with E-state index in [-0.39, 0.29) is 11.9 Å². The van der Waals surface area contributed by atoms with Crippen LogP contribution in [-0.2, 0) is 19.6 Å². The Hall–Kier alpha value is -1.60. The largest absolute Gasteiger partial charge is 0.383 e. The zero-order valence-electron chi connectivity index (χ0n) is 14.6. The first-order valence-corrected chi connectivity index (χ1v) is 9.28. The highest BCUT2D eigenvalue weighted by atomic mass is 32.2. The molecule has 0 fully saturated rings. The molecule has 23 heavy (non-hydrogen) atoms. The van der Waals surface area contributed by atoms with Gasteiger partial charge in [0.2, 0.25) is 15.9 Å². The molecule has 130 valence electrons. The number of nitrogens with one attached hydrogen (secondary N) is 1. The van der Waals surface area contributed by atoms with Crippen LogP contribution in [0.25, 0.3) is 0 Å². The van der Waals surface area contributed by atoms with Gasteiger partial charge in [-0.3, -0.25) is 9.10 Å². The fourth-order valence-electron chi connectivity index (χ4n) is 2.54. The Bertz CT molecular complexity index is 638. The van der Waals surface area contributed by atoms with E-state index in [1.165, 1.54) is 0 Å². The number of benzene rings is 1. The zero-order chi connectivity index (χ0) is 17.8. The molecular weight excluding hydrogens is 316 g/mol. The van der Waals surface area contributed by atoms with Crippen molar-refractivity contribution in [3.05, 3.63) is 29.3 Å². The summed E-state index contributed by atoms with van der Waals surface area (Å²) in [5.41, 5.74) is 2.37. The van der Waals surface area contributed by atoms with Crippen LogP contribution >= 0.6 is 0 Å². The molecule has 0 saturated carbocycles. The zero-order valence-corrected chi connectivity index (χ0v) is 15.4. The summed E-state index contributed by atoms with van der Waals surface area (Å²) in [5.74, 6) is -0.362. The number of carbonyl (C=O) groups excluding carboxylic acids is 1. The lowest BCUT2D eigenvalue weighted by molar-refractivity contribution is -0.122. The number of aryl methyl sites for hydroxylation is 2. The molecule has 0 heterocycles. The van der Waals surface area contributed by atoms with Crippen molar-refractivity contribution < 1.29 is 17.9 Å². The van der Waals surface area contributed by atoms with Gasteiger partial charge in [0, 0.05) is 13.2 Å². The van der Waals surface area contributed by atoms with Crippen molar-refractivity contribution in [2.75, 3.05) is 24.3 Å². The third-order valence-electron chi connectivity index (χ3n) is 3.35. The Balaban J connectivity index is 3.14. The molecular formula is C16H26N2O4S. The summed E-state index contributed by atoms with van der Waals surface area (Å²) in [7, 11) is -2.06. The highest BCUT2D eigenvalue weighted by molar-refractivity contribution is 7.92. The van der Waals surface area contributed by atoms with Gasteiger partial charge in [-0.2, -0.15) is 0 Å². The van der Waals surface area contributed by atoms with Gasteiger partial charge in [0.05, 0.1) is 18.6 Å². The van der Waals surface area contributed by atoms with E-state index < -0.39 is 16.1 Å². The molecule has 1 amide bonds. The highest BCUT2D eigenvalue weighted by Crippen LogP contribution is 2.23. The maximum absolute atomic E-state index is 12.4. The smallest absolute Gasteiger partial charge is 0.243 e. The summed E-state index contributed by atoms with van der Waals surface area (Å²) in [6.45, 7) is 7.52. The second-order valence-electron chi connectivity index (χ2n) is 5.95. The van der Waals surface area contributed by atoms with Gasteiger partial charge >= 0.3 is 0 Å². The summed E-state index contributed by atoms with van der Waals surface area (Å²) in [4.78, 5) is 12.4. The van der Waals surface area contributed by atoms with Crippen LogP contribution in [-0.4, -0.2) is 46.4 Å². The average Bonchev–Trinajstić information content (AvgIpc) is 2.35. The number of hydrogen-bond acceptors (Lipinski definition) is 4. The Morgan fingerprint density at radius 1 is 1.22 bits per heavy atom. The van der Waals surface area contributed by atoms with Gasteiger partial charge in [0.1, 0.15) is 6.04 Å². The number of anilines is 1. The van der Waals surface area contributed by atoms with Gasteiger partial charge in [-0.05, 0) is 51.0 Å². The Morgan fingerprint density at radius 2 is 1.74 bits per heavy atom. The molecule has 1 aromatic carbocycles. The van der Waals surface area contributed by atoms with Crippen LogP contribution in [0, 0.1) is 13.8 Å². The van der Waals surface area contributed by atoms with Crippen LogP contribution in [0.15, 0.2) is 18.2 Å². The van der Waals surface area contributed by atoms with Gasteiger partial charge in [0.15, 0.2) is 0 Å². The van der Waals surface area contributed by atoms with E-state index in [0.717, 1.165) is 21.7 Å². The van der Waals surface area contributed by atoms with Crippen LogP contribution in [0.3, 0.4) is 0 Å². The Labute approximate surface area is 138 Å². The predicted octanol–water partition coefficient (Wildman–Crippen LogP) is 1.61. The molecule has 0 aromatic heterocycles. The van der Waals surface area contributed by atoms with E-state index in [2.05, 4.69) is 5.32 Å². The number of hydrogen-bond donors (Lipinski definition) is 1. The Morgan fingerprint density at radius 3 is 2.17 bits per heavy atom. The Kier molecular flexibility index (Phi) is 6.58. The summed E-state index contributed by atoms with van der Waals surface area (Å²) >= 11 is 0. The maximum atomic E-state index is 12.4. The van der Waals surface area contributed by atoms with Crippen molar-refractivity contribution in [3.8, 4) is 0 Å². The fourth-order valence-corrected chi connectivity index (χ4v) is 3.70. The van der Waals surface area contributed by atoms with E-state index in [0.29, 0.717) is 12.3 Å². The monoisotopic (exact) mass is 342 g/mol. The molecule has 2 atom stereocenters. The van der Waals surface area contributed by atoms with Crippen LogP contribution in [0.1, 0.15) is 25.0 Å². The molecule has 1 aromatic rings. The first kappa shape index (κ1) is 19.4. The molecule has 1 N–H and O–H groups in total. The number of sulfonamides is 1. The molecule has 0 unspecified atom stereocenters. The SMILES string of the molecule is COC[C@H](C)NC(=O)[C@@H](C)N(c1cc(C)cc(C)c1)S(C)(=O)=O. The molecule has 0 aliphatic rings. The number of rotatable bonds is 7. The fraction of sp³-hybridized carbons (Fsp3) is 0.562. The van der Waals surface area contributed by atoms with E-state index >= 15 is 0 Å². The first-order chi connectivity index (χ1) is 10.6. The minimum Gasteiger partial charge on any atom is -0.383 e. The van der Waals surface area contributed by atoms with Crippen molar-refractivity contribution >= 4 is 21.6 Å². The van der Waals surface area contributed by atoms with Gasteiger partial charge in [-0.15, -0.1) is 0 Å². The van der Waals surface area contributed by atoms with Gasteiger partial charge in [-0.1, -0.05) is 6.07 Å². The van der Waals surface area contributed by atoms with Gasteiger partial charge < -0.3 is 10.1 Å². The third-order valence-corrected chi connectivity index (χ3v) is 4.60. The second-order valence-corrected chi connectivity index (χ2v) is 7.81. The number of carbonyl (C=O) groups is 1. The maximum Gasteiger partial charge on any atom is 0.243 e. The summed E-state index contributed by atoms with van der Waals surface area (Å²) < 4.78 is 30.6. The molecule has 0 spiro atoms. The minimum absolute atomic E-state index is 0.199. The number of ether oxygens (including phenoxy) is 1. The molecule has 0 bridgehead atoms. The van der Waals surface area contributed by atoms with E-state index in [1.807, 2.05) is 19.9 Å². The van der Waals surface area contributed by atoms with E-state index in [4.69, 9.17) is 4.74 Å². The van der Waals surface area contributed by atoms with Crippen molar-refractivity contribution in [3.63, 3.8) is 0 Å². The van der Waals surface area contributed by atoms with Crippen molar-refractivity contribution in [1.29, 1.82) is 0 Å². The normalized spacial score (nSPS) is 14.2. The van der Waals surface area contributed by atoms with Crippen molar-refractivity contribution in [2.45, 2.75) is 39.8 Å². The highest BCUT2D eigenvalue weighted by Gasteiger charge is 2.29. The number of methoxy groups -OCH3 is 1. The number of nitrogens with zero attached hydrogens (tertiary/aromatic N) is 1. The molecule has 0 saturated heterocycles. The average molecular weight is 342 g/mol. The lowest BCUT2D eigenvalue weighted by atomic mass is 10.1. The second kappa shape index (κ2) is 7.79. The van der Waals surface area contributed by atoms with Gasteiger partial charge in [0.25, 0.3) is 0 Å². The number of amides is 1. The van der Waals surface area contributed by atoms with Crippen molar-refractivity contribution in [1.82, 2.24) is 5.32 Å². The van der Waals surface area contributed by atoms with E-state index in [1.54, 1.807) is 33.1 Å². The van der Waals surface area contributed by atoms with Crippen LogP contribution in [0.2, 0.25) is 0 Å². The summed E-state index contributed by atoms with van der Waals surface area (Å²) in [5, 5.41) is 2.76. The minimum atomic E-state index is -3.60. The quantitative estimate of drug-likeness (QED) is 0.817.